The first-order valence-corrected chi connectivity index (χ1v) is 12.9. The fourth-order valence-corrected chi connectivity index (χ4v) is 5.99. The third-order valence-corrected chi connectivity index (χ3v) is 7.70. The van der Waals surface area contributed by atoms with Crippen molar-refractivity contribution in [3.8, 4) is 16.9 Å². The Morgan fingerprint density at radius 1 is 1.03 bits per heavy atom. The van der Waals surface area contributed by atoms with E-state index in [1.807, 2.05) is 66.4 Å². The van der Waals surface area contributed by atoms with Gasteiger partial charge in [0, 0.05) is 42.3 Å². The van der Waals surface area contributed by atoms with Crippen molar-refractivity contribution in [2.45, 2.75) is 6.54 Å². The summed E-state index contributed by atoms with van der Waals surface area (Å²) in [7, 11) is 1.64. The van der Waals surface area contributed by atoms with E-state index >= 15 is 0 Å². The average Bonchev–Trinajstić information content (AvgIpc) is 3.28. The highest BCUT2D eigenvalue weighted by Crippen LogP contribution is 2.39. The first-order chi connectivity index (χ1) is 16.2. The average molecular weight is 512 g/mol. The summed E-state index contributed by atoms with van der Waals surface area (Å²) in [6, 6.07) is 22.0. The van der Waals surface area contributed by atoms with Crippen molar-refractivity contribution in [1.29, 1.82) is 0 Å². The van der Waals surface area contributed by atoms with Gasteiger partial charge >= 0.3 is 0 Å². The van der Waals surface area contributed by atoms with Gasteiger partial charge in [0.15, 0.2) is 5.13 Å². The summed E-state index contributed by atoms with van der Waals surface area (Å²) in [5.74, 6) is 2.93. The zero-order chi connectivity index (χ0) is 22.6. The number of aromatic nitrogens is 1. The van der Waals surface area contributed by atoms with E-state index in [1.165, 1.54) is 28.4 Å². The van der Waals surface area contributed by atoms with Crippen LogP contribution in [0.25, 0.3) is 21.3 Å². The molecule has 1 N–H and O–H groups in total. The number of benzene rings is 3. The Bertz CT molecular complexity index is 1260. The van der Waals surface area contributed by atoms with Gasteiger partial charge in [0.25, 0.3) is 5.91 Å². The van der Waals surface area contributed by atoms with Crippen LogP contribution in [0, 0.1) is 0 Å². The number of rotatable bonds is 6. The van der Waals surface area contributed by atoms with Crippen LogP contribution >= 0.6 is 35.5 Å². The van der Waals surface area contributed by atoms with E-state index < -0.39 is 0 Å². The predicted molar refractivity (Wildman–Crippen MR) is 146 cm³/mol. The highest BCUT2D eigenvalue weighted by atomic mass is 35.5. The van der Waals surface area contributed by atoms with Crippen molar-refractivity contribution < 1.29 is 9.53 Å². The largest absolute Gasteiger partial charge is 0.494 e. The molecule has 0 spiro atoms. The Kier molecular flexibility index (Phi) is 8.11. The predicted octanol–water partition coefficient (Wildman–Crippen LogP) is 6.19. The number of hydrogen-bond acceptors (Lipinski definition) is 6. The van der Waals surface area contributed by atoms with E-state index in [0.717, 1.165) is 41.0 Å². The third kappa shape index (κ3) is 5.39. The van der Waals surface area contributed by atoms with Gasteiger partial charge in [0.2, 0.25) is 0 Å². The van der Waals surface area contributed by atoms with Crippen molar-refractivity contribution in [2.24, 2.45) is 0 Å². The second kappa shape index (κ2) is 11.2. The number of fused-ring (bicyclic) bond motifs is 1. The zero-order valence-corrected chi connectivity index (χ0v) is 21.3. The van der Waals surface area contributed by atoms with E-state index in [1.54, 1.807) is 7.11 Å². The molecule has 34 heavy (non-hydrogen) atoms. The van der Waals surface area contributed by atoms with Crippen LogP contribution in [-0.2, 0) is 6.54 Å². The summed E-state index contributed by atoms with van der Waals surface area (Å²) < 4.78 is 6.51. The van der Waals surface area contributed by atoms with Crippen molar-refractivity contribution in [3.05, 3.63) is 77.9 Å². The minimum absolute atomic E-state index is 0. The Morgan fingerprint density at radius 3 is 2.47 bits per heavy atom. The Hall–Kier alpha value is -2.58. The highest BCUT2D eigenvalue weighted by Gasteiger charge is 2.17. The SMILES string of the molecule is COc1ccc(-c2ccccc2)c2sc(NC(=O)c3ccc(CN4CCSCC4)cc3)nc12.Cl. The van der Waals surface area contributed by atoms with Crippen molar-refractivity contribution in [1.82, 2.24) is 9.88 Å². The Balaban J connectivity index is 0.00000274. The van der Waals surface area contributed by atoms with Crippen LogP contribution in [0.4, 0.5) is 5.13 Å². The molecule has 0 bridgehead atoms. The van der Waals surface area contributed by atoms with E-state index in [-0.39, 0.29) is 18.3 Å². The summed E-state index contributed by atoms with van der Waals surface area (Å²) in [5.41, 5.74) is 4.80. The molecule has 8 heteroatoms. The summed E-state index contributed by atoms with van der Waals surface area (Å²) in [6.07, 6.45) is 0. The molecule has 1 fully saturated rings. The number of thioether (sulfide) groups is 1. The zero-order valence-electron chi connectivity index (χ0n) is 18.8. The second-order valence-corrected chi connectivity index (χ2v) is 10.1. The number of carbonyl (C=O) groups is 1. The molecule has 1 aliphatic heterocycles. The van der Waals surface area contributed by atoms with Crippen LogP contribution in [0.1, 0.15) is 15.9 Å². The lowest BCUT2D eigenvalue weighted by molar-refractivity contribution is 0.102. The number of thiazole rings is 1. The van der Waals surface area contributed by atoms with Crippen LogP contribution in [-0.4, -0.2) is 47.5 Å². The Morgan fingerprint density at radius 2 is 1.76 bits per heavy atom. The van der Waals surface area contributed by atoms with Gasteiger partial charge in [-0.1, -0.05) is 53.8 Å². The molecule has 5 rings (SSSR count). The maximum atomic E-state index is 12.9. The highest BCUT2D eigenvalue weighted by molar-refractivity contribution is 7.99. The quantitative estimate of drug-likeness (QED) is 0.334. The summed E-state index contributed by atoms with van der Waals surface area (Å²) in [6.45, 7) is 3.18. The third-order valence-electron chi connectivity index (χ3n) is 5.76. The first-order valence-electron chi connectivity index (χ1n) is 10.9. The van der Waals surface area contributed by atoms with Gasteiger partial charge < -0.3 is 4.74 Å². The summed E-state index contributed by atoms with van der Waals surface area (Å²) in [4.78, 5) is 20.1. The molecule has 0 atom stereocenters. The van der Waals surface area contributed by atoms with Gasteiger partial charge in [-0.15, -0.1) is 12.4 Å². The summed E-state index contributed by atoms with van der Waals surface area (Å²) in [5, 5.41) is 3.54. The van der Waals surface area contributed by atoms with E-state index in [0.29, 0.717) is 16.4 Å². The Labute approximate surface area is 213 Å². The molecular weight excluding hydrogens is 486 g/mol. The molecule has 4 aromatic rings. The number of anilines is 1. The molecule has 1 aromatic heterocycles. The van der Waals surface area contributed by atoms with Gasteiger partial charge in [-0.3, -0.25) is 15.0 Å². The van der Waals surface area contributed by atoms with Crippen LogP contribution in [0.2, 0.25) is 0 Å². The molecule has 3 aromatic carbocycles. The molecular formula is C26H26ClN3O2S2. The van der Waals surface area contributed by atoms with E-state index in [2.05, 4.69) is 27.3 Å². The van der Waals surface area contributed by atoms with Gasteiger partial charge in [-0.05, 0) is 35.4 Å². The number of nitrogens with zero attached hydrogens (tertiary/aromatic N) is 2. The molecule has 1 aliphatic rings. The van der Waals surface area contributed by atoms with Crippen LogP contribution in [0.5, 0.6) is 5.75 Å². The van der Waals surface area contributed by atoms with E-state index in [9.17, 15) is 4.79 Å². The smallest absolute Gasteiger partial charge is 0.257 e. The maximum Gasteiger partial charge on any atom is 0.257 e. The molecule has 1 amide bonds. The van der Waals surface area contributed by atoms with Crippen LogP contribution in [0.3, 0.4) is 0 Å². The topological polar surface area (TPSA) is 54.5 Å². The number of hydrogen-bond donors (Lipinski definition) is 1. The number of methoxy groups -OCH3 is 1. The number of nitrogens with one attached hydrogen (secondary N) is 1. The molecule has 0 aliphatic carbocycles. The fraction of sp³-hybridized carbons (Fsp3) is 0.231. The molecule has 176 valence electrons. The monoisotopic (exact) mass is 511 g/mol. The van der Waals surface area contributed by atoms with Crippen LogP contribution in [0.15, 0.2) is 66.7 Å². The lowest BCUT2D eigenvalue weighted by Gasteiger charge is -2.26. The number of carbonyl (C=O) groups excluding carboxylic acids is 1. The molecule has 2 heterocycles. The van der Waals surface area contributed by atoms with Crippen LogP contribution < -0.4 is 10.1 Å². The lowest BCUT2D eigenvalue weighted by Crippen LogP contribution is -2.31. The van der Waals surface area contributed by atoms with Gasteiger partial charge in [-0.25, -0.2) is 4.98 Å². The molecule has 0 radical (unpaired) electrons. The number of amides is 1. The normalized spacial score (nSPS) is 13.9. The van der Waals surface area contributed by atoms with Crippen molar-refractivity contribution in [3.63, 3.8) is 0 Å². The van der Waals surface area contributed by atoms with Gasteiger partial charge in [0.1, 0.15) is 11.3 Å². The van der Waals surface area contributed by atoms with E-state index in [4.69, 9.17) is 4.74 Å². The first kappa shape index (κ1) is 24.5. The molecule has 0 saturated carbocycles. The molecule has 5 nitrogen and oxygen atoms in total. The fourth-order valence-electron chi connectivity index (χ4n) is 3.99. The van der Waals surface area contributed by atoms with Crippen molar-refractivity contribution in [2.75, 3.05) is 37.0 Å². The summed E-state index contributed by atoms with van der Waals surface area (Å²) >= 11 is 3.48. The lowest BCUT2D eigenvalue weighted by atomic mass is 10.1. The van der Waals surface area contributed by atoms with Gasteiger partial charge in [0.05, 0.1) is 11.8 Å². The number of ether oxygens (including phenoxy) is 1. The van der Waals surface area contributed by atoms with Crippen molar-refractivity contribution >= 4 is 56.8 Å². The minimum atomic E-state index is -0.157. The molecule has 1 saturated heterocycles. The standard InChI is InChI=1S/C26H25N3O2S2.ClH/c1-31-22-12-11-21(19-5-3-2-4-6-19)24-23(22)27-26(33-24)28-25(30)20-9-7-18(8-10-20)17-29-13-15-32-16-14-29;/h2-12H,13-17H2,1H3,(H,27,28,30);1H. The minimum Gasteiger partial charge on any atom is -0.494 e. The maximum absolute atomic E-state index is 12.9. The van der Waals surface area contributed by atoms with Gasteiger partial charge in [-0.2, -0.15) is 11.8 Å². The second-order valence-electron chi connectivity index (χ2n) is 7.92. The number of halogens is 1. The molecule has 0 unspecified atom stereocenters.